The molecule has 0 bridgehead atoms. The van der Waals surface area contributed by atoms with Crippen molar-refractivity contribution < 1.29 is 18.7 Å². The lowest BCUT2D eigenvalue weighted by Gasteiger charge is -2.18. The van der Waals surface area contributed by atoms with Gasteiger partial charge in [0.15, 0.2) is 5.76 Å². The van der Waals surface area contributed by atoms with Gasteiger partial charge >= 0.3 is 0 Å². The highest BCUT2D eigenvalue weighted by atomic mass is 35.5. The van der Waals surface area contributed by atoms with Gasteiger partial charge < -0.3 is 13.9 Å². The molecular formula is C28H21ClO4. The highest BCUT2D eigenvalue weighted by molar-refractivity contribution is 6.18. The topological polar surface area (TPSA) is 48.7 Å². The lowest BCUT2D eigenvalue weighted by atomic mass is 9.94. The largest absolute Gasteiger partial charge is 0.492 e. The fraction of sp³-hybridized carbons (Fsp3) is 0.107. The summed E-state index contributed by atoms with van der Waals surface area (Å²) in [6, 6.07) is 20.6. The van der Waals surface area contributed by atoms with Gasteiger partial charge in [-0.15, -0.1) is 11.6 Å². The molecule has 5 rings (SSSR count). The molecular weight excluding hydrogens is 436 g/mol. The second-order valence-electron chi connectivity index (χ2n) is 7.78. The minimum Gasteiger partial charge on any atom is -0.492 e. The SMILES string of the molecule is C=C1C=C(C)c2ccc3oc(C(=O)c4cccc(OCCCl)c4)c(-c4ccccc4)c3c2O1. The van der Waals surface area contributed by atoms with Gasteiger partial charge in [-0.2, -0.15) is 0 Å². The molecule has 0 saturated carbocycles. The van der Waals surface area contributed by atoms with E-state index in [1.54, 1.807) is 24.3 Å². The molecule has 33 heavy (non-hydrogen) atoms. The van der Waals surface area contributed by atoms with E-state index in [1.165, 1.54) is 0 Å². The predicted octanol–water partition coefficient (Wildman–Crippen LogP) is 7.26. The second-order valence-corrected chi connectivity index (χ2v) is 8.16. The number of ether oxygens (including phenoxy) is 2. The average Bonchev–Trinajstić information content (AvgIpc) is 3.23. The maximum absolute atomic E-state index is 13.7. The van der Waals surface area contributed by atoms with Gasteiger partial charge in [0.1, 0.15) is 29.4 Å². The van der Waals surface area contributed by atoms with Crippen molar-refractivity contribution in [1.82, 2.24) is 0 Å². The molecule has 1 aliphatic heterocycles. The lowest BCUT2D eigenvalue weighted by molar-refractivity contribution is 0.101. The zero-order valence-corrected chi connectivity index (χ0v) is 18.8. The number of carbonyl (C=O) groups is 1. The number of fused-ring (bicyclic) bond motifs is 3. The number of halogens is 1. The van der Waals surface area contributed by atoms with Crippen molar-refractivity contribution in [3.05, 3.63) is 102 Å². The Hall–Kier alpha value is -3.76. The number of hydrogen-bond donors (Lipinski definition) is 0. The van der Waals surface area contributed by atoms with Gasteiger partial charge in [0.25, 0.3) is 0 Å². The first kappa shape index (κ1) is 21.1. The smallest absolute Gasteiger partial charge is 0.229 e. The van der Waals surface area contributed by atoms with Crippen molar-refractivity contribution in [2.75, 3.05) is 12.5 Å². The van der Waals surface area contributed by atoms with Crippen LogP contribution in [-0.2, 0) is 0 Å². The summed E-state index contributed by atoms with van der Waals surface area (Å²) in [7, 11) is 0. The quantitative estimate of drug-likeness (QED) is 0.226. The number of hydrogen-bond acceptors (Lipinski definition) is 4. The van der Waals surface area contributed by atoms with E-state index in [9.17, 15) is 4.79 Å². The van der Waals surface area contributed by atoms with Crippen LogP contribution in [0.2, 0.25) is 0 Å². The van der Waals surface area contributed by atoms with Crippen LogP contribution < -0.4 is 9.47 Å². The highest BCUT2D eigenvalue weighted by Crippen LogP contribution is 2.46. The molecule has 0 N–H and O–H groups in total. The molecule has 0 aliphatic carbocycles. The highest BCUT2D eigenvalue weighted by Gasteiger charge is 2.28. The zero-order chi connectivity index (χ0) is 22.9. The summed E-state index contributed by atoms with van der Waals surface area (Å²) in [4.78, 5) is 13.7. The first-order valence-electron chi connectivity index (χ1n) is 10.6. The van der Waals surface area contributed by atoms with Crippen LogP contribution in [0.1, 0.15) is 28.6 Å². The Morgan fingerprint density at radius 2 is 1.88 bits per heavy atom. The summed E-state index contributed by atoms with van der Waals surface area (Å²) >= 11 is 5.73. The van der Waals surface area contributed by atoms with E-state index in [1.807, 2.05) is 55.5 Å². The fourth-order valence-electron chi connectivity index (χ4n) is 4.11. The monoisotopic (exact) mass is 456 g/mol. The molecule has 0 radical (unpaired) electrons. The third kappa shape index (κ3) is 3.83. The molecule has 1 aromatic heterocycles. The Labute approximate surface area is 196 Å². The minimum atomic E-state index is -0.239. The number of rotatable bonds is 6. The van der Waals surface area contributed by atoms with Gasteiger partial charge in [0, 0.05) is 16.7 Å². The molecule has 0 atom stereocenters. The molecule has 5 heteroatoms. The molecule has 2 heterocycles. The maximum Gasteiger partial charge on any atom is 0.229 e. The molecule has 0 unspecified atom stereocenters. The number of carbonyl (C=O) groups excluding carboxylic acids is 1. The van der Waals surface area contributed by atoms with Gasteiger partial charge in [-0.05, 0) is 48.4 Å². The van der Waals surface area contributed by atoms with Crippen LogP contribution in [0.25, 0.3) is 27.7 Å². The molecule has 4 nitrogen and oxygen atoms in total. The Kier molecular flexibility index (Phi) is 5.53. The fourth-order valence-corrected chi connectivity index (χ4v) is 4.19. The van der Waals surface area contributed by atoms with Crippen molar-refractivity contribution in [3.63, 3.8) is 0 Å². The minimum absolute atomic E-state index is 0.239. The summed E-state index contributed by atoms with van der Waals surface area (Å²) in [5.74, 6) is 2.15. The van der Waals surface area contributed by atoms with Gasteiger partial charge in [-0.25, -0.2) is 0 Å². The standard InChI is InChI=1S/C28H21ClO4/c1-17-15-18(2)32-27-22(17)11-12-23-25(27)24(19-7-4-3-5-8-19)28(33-23)26(30)20-9-6-10-21(16-20)31-14-13-29/h3-12,15-16H,2,13-14H2,1H3. The number of alkyl halides is 1. The molecule has 0 amide bonds. The molecule has 0 fully saturated rings. The summed E-state index contributed by atoms with van der Waals surface area (Å²) < 4.78 is 17.9. The van der Waals surface area contributed by atoms with Crippen LogP contribution in [0.5, 0.6) is 11.5 Å². The van der Waals surface area contributed by atoms with E-state index in [-0.39, 0.29) is 11.5 Å². The number of benzene rings is 3. The molecule has 0 spiro atoms. The molecule has 0 saturated heterocycles. The Bertz CT molecular complexity index is 1410. The Morgan fingerprint density at radius 1 is 1.06 bits per heavy atom. The third-order valence-electron chi connectivity index (χ3n) is 5.55. The van der Waals surface area contributed by atoms with E-state index in [4.69, 9.17) is 25.5 Å². The molecule has 4 aromatic rings. The normalized spacial score (nSPS) is 12.8. The van der Waals surface area contributed by atoms with Crippen molar-refractivity contribution in [3.8, 4) is 22.6 Å². The van der Waals surface area contributed by atoms with Gasteiger partial charge in [0.05, 0.1) is 11.3 Å². The first-order chi connectivity index (χ1) is 16.1. The van der Waals surface area contributed by atoms with E-state index in [2.05, 4.69) is 6.58 Å². The second kappa shape index (κ2) is 8.64. The van der Waals surface area contributed by atoms with Crippen LogP contribution in [0, 0.1) is 0 Å². The van der Waals surface area contributed by atoms with E-state index >= 15 is 0 Å². The van der Waals surface area contributed by atoms with E-state index in [0.29, 0.717) is 46.5 Å². The first-order valence-corrected chi connectivity index (χ1v) is 11.1. The van der Waals surface area contributed by atoms with Gasteiger partial charge in [0.2, 0.25) is 5.78 Å². The summed E-state index contributed by atoms with van der Waals surface area (Å²) in [6.07, 6.45) is 1.90. The Balaban J connectivity index is 1.73. The molecule has 164 valence electrons. The van der Waals surface area contributed by atoms with Crippen LogP contribution in [0.4, 0.5) is 0 Å². The lowest BCUT2D eigenvalue weighted by Crippen LogP contribution is -2.04. The summed E-state index contributed by atoms with van der Waals surface area (Å²) in [5, 5.41) is 0.755. The van der Waals surface area contributed by atoms with Gasteiger partial charge in [-0.3, -0.25) is 4.79 Å². The van der Waals surface area contributed by atoms with E-state index in [0.717, 1.165) is 22.1 Å². The van der Waals surface area contributed by atoms with Crippen molar-refractivity contribution in [1.29, 1.82) is 0 Å². The summed E-state index contributed by atoms with van der Waals surface area (Å²) in [6.45, 7) is 6.35. The van der Waals surface area contributed by atoms with Crippen LogP contribution in [0.3, 0.4) is 0 Å². The molecule has 1 aliphatic rings. The van der Waals surface area contributed by atoms with Crippen LogP contribution >= 0.6 is 11.6 Å². The Morgan fingerprint density at radius 3 is 2.67 bits per heavy atom. The van der Waals surface area contributed by atoms with Crippen molar-refractivity contribution in [2.24, 2.45) is 0 Å². The van der Waals surface area contributed by atoms with Crippen molar-refractivity contribution in [2.45, 2.75) is 6.92 Å². The predicted molar refractivity (Wildman–Crippen MR) is 131 cm³/mol. The molecule has 3 aromatic carbocycles. The van der Waals surface area contributed by atoms with E-state index < -0.39 is 0 Å². The number of allylic oxidation sites excluding steroid dienone is 2. The van der Waals surface area contributed by atoms with Gasteiger partial charge in [-0.1, -0.05) is 49.0 Å². The van der Waals surface area contributed by atoms with Crippen molar-refractivity contribution >= 4 is 33.9 Å². The van der Waals surface area contributed by atoms with Crippen LogP contribution in [0.15, 0.2) is 89.6 Å². The average molecular weight is 457 g/mol. The third-order valence-corrected chi connectivity index (χ3v) is 5.71. The number of ketones is 1. The summed E-state index contributed by atoms with van der Waals surface area (Å²) in [5.41, 5.74) is 4.59. The number of furan rings is 1. The zero-order valence-electron chi connectivity index (χ0n) is 18.1. The maximum atomic E-state index is 13.7. The van der Waals surface area contributed by atoms with Crippen LogP contribution in [-0.4, -0.2) is 18.3 Å².